The van der Waals surface area contributed by atoms with Crippen LogP contribution in [0.3, 0.4) is 0 Å². The van der Waals surface area contributed by atoms with Crippen LogP contribution in [0.15, 0.2) is 40.9 Å². The van der Waals surface area contributed by atoms with Gasteiger partial charge >= 0.3 is 0 Å². The zero-order valence-corrected chi connectivity index (χ0v) is 14.0. The van der Waals surface area contributed by atoms with Crippen LogP contribution in [-0.4, -0.2) is 19.8 Å². The second-order valence-corrected chi connectivity index (χ2v) is 6.59. The Kier molecular flexibility index (Phi) is 4.94. The normalized spacial score (nSPS) is 20.0. The third-order valence-electron chi connectivity index (χ3n) is 4.43. The van der Waals surface area contributed by atoms with E-state index in [1.54, 1.807) is 0 Å². The van der Waals surface area contributed by atoms with E-state index in [1.807, 2.05) is 0 Å². The molecule has 0 radical (unpaired) electrons. The molecule has 1 aliphatic heterocycles. The lowest BCUT2D eigenvalue weighted by Crippen LogP contribution is -2.19. The van der Waals surface area contributed by atoms with Gasteiger partial charge in [0.25, 0.3) is 0 Å². The Bertz CT molecular complexity index is 607. The molecule has 1 aliphatic rings. The van der Waals surface area contributed by atoms with Crippen molar-refractivity contribution in [3.05, 3.63) is 46.4 Å². The molecule has 0 aromatic heterocycles. The molecule has 0 aliphatic carbocycles. The molecule has 1 N–H and O–H groups in total. The van der Waals surface area contributed by atoms with Crippen molar-refractivity contribution in [2.75, 3.05) is 13.7 Å². The van der Waals surface area contributed by atoms with Crippen LogP contribution < -0.4 is 5.32 Å². The van der Waals surface area contributed by atoms with Crippen LogP contribution in [0, 0.1) is 0 Å². The van der Waals surface area contributed by atoms with Crippen LogP contribution in [-0.2, 0) is 4.74 Å². The molecule has 2 nitrogen and oxygen atoms in total. The minimum absolute atomic E-state index is 0.382. The molecule has 0 bridgehead atoms. The molecule has 2 unspecified atom stereocenters. The van der Waals surface area contributed by atoms with Gasteiger partial charge in [-0.3, -0.25) is 0 Å². The van der Waals surface area contributed by atoms with Gasteiger partial charge in [0.15, 0.2) is 0 Å². The molecule has 1 saturated heterocycles. The van der Waals surface area contributed by atoms with Gasteiger partial charge in [-0.2, -0.15) is 0 Å². The molecule has 0 spiro atoms. The van der Waals surface area contributed by atoms with E-state index in [0.29, 0.717) is 12.1 Å². The highest BCUT2D eigenvalue weighted by Crippen LogP contribution is 2.32. The SMILES string of the molecule is CNC(CCC1CCCO1)c1ccc(Br)c2ccccc12. The molecule has 3 heteroatoms. The van der Waals surface area contributed by atoms with Crippen molar-refractivity contribution in [1.29, 1.82) is 0 Å². The van der Waals surface area contributed by atoms with E-state index in [1.165, 1.54) is 29.2 Å². The van der Waals surface area contributed by atoms with E-state index >= 15 is 0 Å². The molecule has 0 saturated carbocycles. The average Bonchev–Trinajstić information content (AvgIpc) is 3.03. The maximum absolute atomic E-state index is 5.76. The number of nitrogens with one attached hydrogen (secondary N) is 1. The molecule has 1 fully saturated rings. The molecule has 2 atom stereocenters. The number of hydrogen-bond acceptors (Lipinski definition) is 2. The van der Waals surface area contributed by atoms with Crippen molar-refractivity contribution in [3.63, 3.8) is 0 Å². The second kappa shape index (κ2) is 6.91. The van der Waals surface area contributed by atoms with Crippen molar-refractivity contribution in [2.24, 2.45) is 0 Å². The topological polar surface area (TPSA) is 21.3 Å². The van der Waals surface area contributed by atoms with E-state index in [4.69, 9.17) is 4.74 Å². The first-order valence-electron chi connectivity index (χ1n) is 7.75. The fourth-order valence-electron chi connectivity index (χ4n) is 3.27. The summed E-state index contributed by atoms with van der Waals surface area (Å²) in [7, 11) is 2.05. The maximum Gasteiger partial charge on any atom is 0.0576 e. The summed E-state index contributed by atoms with van der Waals surface area (Å²) in [5, 5.41) is 6.10. The lowest BCUT2D eigenvalue weighted by molar-refractivity contribution is 0.0999. The first-order valence-corrected chi connectivity index (χ1v) is 8.55. The van der Waals surface area contributed by atoms with Crippen molar-refractivity contribution in [3.8, 4) is 0 Å². The molecule has 2 aromatic rings. The zero-order valence-electron chi connectivity index (χ0n) is 12.4. The standard InChI is InChI=1S/C18H22BrNO/c1-20-18(11-8-13-5-4-12-21-13)16-9-10-17(19)15-7-3-2-6-14(15)16/h2-3,6-7,9-10,13,18,20H,4-5,8,11-12H2,1H3. The van der Waals surface area contributed by atoms with Crippen molar-refractivity contribution >= 4 is 26.7 Å². The van der Waals surface area contributed by atoms with Gasteiger partial charge in [0.1, 0.15) is 0 Å². The first-order chi connectivity index (χ1) is 10.3. The summed E-state index contributed by atoms with van der Waals surface area (Å²) in [4.78, 5) is 0. The molecule has 21 heavy (non-hydrogen) atoms. The number of benzene rings is 2. The van der Waals surface area contributed by atoms with Gasteiger partial charge in [-0.05, 0) is 55.1 Å². The van der Waals surface area contributed by atoms with Gasteiger partial charge in [-0.25, -0.2) is 0 Å². The van der Waals surface area contributed by atoms with Crippen LogP contribution in [0.2, 0.25) is 0 Å². The minimum Gasteiger partial charge on any atom is -0.378 e. The molecule has 1 heterocycles. The fraction of sp³-hybridized carbons (Fsp3) is 0.444. The predicted octanol–water partition coefficient (Wildman–Crippen LogP) is 4.82. The highest BCUT2D eigenvalue weighted by Gasteiger charge is 2.19. The summed E-state index contributed by atoms with van der Waals surface area (Å²) in [6, 6.07) is 13.4. The Morgan fingerprint density at radius 2 is 2.05 bits per heavy atom. The Labute approximate surface area is 135 Å². The highest BCUT2D eigenvalue weighted by molar-refractivity contribution is 9.10. The third-order valence-corrected chi connectivity index (χ3v) is 5.12. The second-order valence-electron chi connectivity index (χ2n) is 5.74. The molecule has 0 amide bonds. The number of hydrogen-bond donors (Lipinski definition) is 1. The molecule has 2 aromatic carbocycles. The summed E-state index contributed by atoms with van der Waals surface area (Å²) < 4.78 is 6.92. The smallest absolute Gasteiger partial charge is 0.0576 e. The van der Waals surface area contributed by atoms with Crippen LogP contribution in [0.4, 0.5) is 0 Å². The van der Waals surface area contributed by atoms with Crippen molar-refractivity contribution in [1.82, 2.24) is 5.32 Å². The van der Waals surface area contributed by atoms with Crippen molar-refractivity contribution in [2.45, 2.75) is 37.8 Å². The average molecular weight is 348 g/mol. The quantitative estimate of drug-likeness (QED) is 0.836. The van der Waals surface area contributed by atoms with Gasteiger partial charge in [-0.15, -0.1) is 0 Å². The molecule has 112 valence electrons. The van der Waals surface area contributed by atoms with Crippen LogP contribution in [0.5, 0.6) is 0 Å². The van der Waals surface area contributed by atoms with E-state index in [9.17, 15) is 0 Å². The highest BCUT2D eigenvalue weighted by atomic mass is 79.9. The Morgan fingerprint density at radius 3 is 2.76 bits per heavy atom. The Balaban J connectivity index is 1.84. The fourth-order valence-corrected chi connectivity index (χ4v) is 3.75. The van der Waals surface area contributed by atoms with Crippen LogP contribution in [0.25, 0.3) is 10.8 Å². The number of rotatable bonds is 5. The maximum atomic E-state index is 5.76. The lowest BCUT2D eigenvalue weighted by atomic mass is 9.94. The van der Waals surface area contributed by atoms with E-state index in [-0.39, 0.29) is 0 Å². The molecular formula is C18H22BrNO. The minimum atomic E-state index is 0.382. The van der Waals surface area contributed by atoms with Gasteiger partial charge in [0.2, 0.25) is 0 Å². The van der Waals surface area contributed by atoms with Gasteiger partial charge < -0.3 is 10.1 Å². The number of fused-ring (bicyclic) bond motifs is 1. The number of ether oxygens (including phenoxy) is 1. The Hall–Kier alpha value is -0.900. The molecule has 3 rings (SSSR count). The summed E-state index contributed by atoms with van der Waals surface area (Å²) >= 11 is 3.65. The molecular weight excluding hydrogens is 326 g/mol. The summed E-state index contributed by atoms with van der Waals surface area (Å²) in [6.45, 7) is 0.941. The zero-order chi connectivity index (χ0) is 14.7. The van der Waals surface area contributed by atoms with Crippen LogP contribution in [0.1, 0.15) is 37.3 Å². The monoisotopic (exact) mass is 347 g/mol. The summed E-state index contributed by atoms with van der Waals surface area (Å²) in [5.41, 5.74) is 1.38. The van der Waals surface area contributed by atoms with Crippen molar-refractivity contribution < 1.29 is 4.74 Å². The van der Waals surface area contributed by atoms with Gasteiger partial charge in [-0.1, -0.05) is 46.3 Å². The van der Waals surface area contributed by atoms with E-state index in [0.717, 1.165) is 23.9 Å². The first kappa shape index (κ1) is 15.0. The van der Waals surface area contributed by atoms with E-state index < -0.39 is 0 Å². The van der Waals surface area contributed by atoms with Crippen LogP contribution >= 0.6 is 15.9 Å². The Morgan fingerprint density at radius 1 is 1.24 bits per heavy atom. The number of halogens is 1. The summed E-state index contributed by atoms with van der Waals surface area (Å²) in [6.07, 6.45) is 5.15. The predicted molar refractivity (Wildman–Crippen MR) is 91.7 cm³/mol. The van der Waals surface area contributed by atoms with Gasteiger partial charge in [0.05, 0.1) is 6.10 Å². The summed E-state index contributed by atoms with van der Waals surface area (Å²) in [5.74, 6) is 0. The third kappa shape index (κ3) is 3.31. The lowest BCUT2D eigenvalue weighted by Gasteiger charge is -2.21. The largest absolute Gasteiger partial charge is 0.378 e. The van der Waals surface area contributed by atoms with E-state index in [2.05, 4.69) is 64.7 Å². The van der Waals surface area contributed by atoms with Gasteiger partial charge in [0, 0.05) is 17.1 Å².